The second kappa shape index (κ2) is 9.43. The van der Waals surface area contributed by atoms with Gasteiger partial charge in [-0.1, -0.05) is 44.2 Å². The molecule has 29 heavy (non-hydrogen) atoms. The van der Waals surface area contributed by atoms with E-state index in [4.69, 9.17) is 4.74 Å². The summed E-state index contributed by atoms with van der Waals surface area (Å²) in [6, 6.07) is 16.4. The molecule has 0 atom stereocenters. The number of carboxylic acids is 1. The monoisotopic (exact) mass is 409 g/mol. The normalized spacial score (nSPS) is 16.8. The van der Waals surface area contributed by atoms with Crippen LogP contribution >= 0.6 is 11.8 Å². The molecule has 150 valence electrons. The Hall–Kier alpha value is -3.06. The number of nitrogens with zero attached hydrogens (tertiary/aromatic N) is 2. The van der Waals surface area contributed by atoms with Crippen molar-refractivity contribution in [2.75, 3.05) is 13.2 Å². The lowest BCUT2D eigenvalue weighted by atomic mass is 10.2. The molecule has 1 amide bonds. The first-order chi connectivity index (χ1) is 13.9. The Morgan fingerprint density at radius 3 is 2.66 bits per heavy atom. The van der Waals surface area contributed by atoms with Crippen LogP contribution in [0, 0.1) is 5.92 Å². The molecule has 2 aromatic rings. The highest BCUT2D eigenvalue weighted by atomic mass is 32.2. The Morgan fingerprint density at radius 2 is 1.97 bits per heavy atom. The quantitative estimate of drug-likeness (QED) is 0.657. The number of carboxylic acid groups (broad SMARTS) is 1. The van der Waals surface area contributed by atoms with E-state index in [9.17, 15) is 14.7 Å². The molecule has 0 saturated carbocycles. The van der Waals surface area contributed by atoms with Crippen LogP contribution in [0.4, 0.5) is 5.69 Å². The molecule has 0 radical (unpaired) electrons. The van der Waals surface area contributed by atoms with Crippen LogP contribution in [0.1, 0.15) is 19.4 Å². The minimum absolute atomic E-state index is 0.0977. The first-order valence-electron chi connectivity index (χ1n) is 9.20. The van der Waals surface area contributed by atoms with Crippen LogP contribution in [0.25, 0.3) is 6.08 Å². The van der Waals surface area contributed by atoms with Gasteiger partial charge in [-0.25, -0.2) is 4.99 Å². The van der Waals surface area contributed by atoms with Crippen LogP contribution in [-0.4, -0.2) is 35.1 Å². The maximum absolute atomic E-state index is 13.0. The summed E-state index contributed by atoms with van der Waals surface area (Å²) < 4.78 is 5.16. The second-order valence-electron chi connectivity index (χ2n) is 6.88. The van der Waals surface area contributed by atoms with E-state index in [2.05, 4.69) is 18.8 Å². The maximum Gasteiger partial charge on any atom is 0.266 e. The molecule has 0 aliphatic carbocycles. The van der Waals surface area contributed by atoms with Crippen LogP contribution < -0.4 is 9.84 Å². The number of benzene rings is 2. The third kappa shape index (κ3) is 5.71. The second-order valence-corrected chi connectivity index (χ2v) is 7.89. The Morgan fingerprint density at radius 1 is 1.21 bits per heavy atom. The van der Waals surface area contributed by atoms with E-state index in [-0.39, 0.29) is 5.91 Å². The summed E-state index contributed by atoms with van der Waals surface area (Å²) in [7, 11) is 0. The van der Waals surface area contributed by atoms with Crippen LogP contribution in [0.15, 0.2) is 64.5 Å². The van der Waals surface area contributed by atoms with Crippen LogP contribution in [0.5, 0.6) is 5.75 Å². The smallest absolute Gasteiger partial charge is 0.266 e. The molecular weight excluding hydrogens is 388 g/mol. The molecule has 2 aromatic carbocycles. The average molecular weight is 409 g/mol. The summed E-state index contributed by atoms with van der Waals surface area (Å²) in [5.74, 6) is -0.696. The highest BCUT2D eigenvalue weighted by Crippen LogP contribution is 2.35. The van der Waals surface area contributed by atoms with Gasteiger partial charge in [-0.3, -0.25) is 9.69 Å². The number of amidine groups is 1. The molecule has 0 spiro atoms. The molecule has 0 aromatic heterocycles. The first kappa shape index (κ1) is 20.7. The van der Waals surface area contributed by atoms with E-state index < -0.39 is 12.6 Å². The minimum atomic E-state index is -1.29. The molecular formula is C22H21N2O4S-. The van der Waals surface area contributed by atoms with E-state index >= 15 is 0 Å². The molecule has 1 saturated heterocycles. The number of ether oxygens (including phenoxy) is 1. The molecule has 1 aliphatic rings. The van der Waals surface area contributed by atoms with Crippen molar-refractivity contribution in [1.82, 2.24) is 4.90 Å². The topological polar surface area (TPSA) is 82.0 Å². The SMILES string of the molecule is CC(C)CN1C(=O)/C(=C\c2cccc(OCC(=O)[O-])c2)SC1=Nc1ccccc1. The number of aliphatic carboxylic acids is 1. The van der Waals surface area contributed by atoms with Gasteiger partial charge in [-0.05, 0) is 53.6 Å². The van der Waals surface area contributed by atoms with Crippen molar-refractivity contribution >= 4 is 40.6 Å². The van der Waals surface area contributed by atoms with E-state index in [1.165, 1.54) is 11.8 Å². The van der Waals surface area contributed by atoms with Crippen LogP contribution in [-0.2, 0) is 9.59 Å². The molecule has 0 N–H and O–H groups in total. The maximum atomic E-state index is 13.0. The Kier molecular flexibility index (Phi) is 6.72. The van der Waals surface area contributed by atoms with E-state index in [0.717, 1.165) is 11.3 Å². The molecule has 1 fully saturated rings. The molecule has 1 aliphatic heterocycles. The Labute approximate surface area is 173 Å². The molecule has 0 bridgehead atoms. The van der Waals surface area contributed by atoms with Gasteiger partial charge < -0.3 is 14.6 Å². The summed E-state index contributed by atoms with van der Waals surface area (Å²) in [4.78, 5) is 30.5. The van der Waals surface area contributed by atoms with Gasteiger partial charge in [0.05, 0.1) is 16.6 Å². The molecule has 6 nitrogen and oxygen atoms in total. The number of thioether (sulfide) groups is 1. The van der Waals surface area contributed by atoms with Crippen molar-refractivity contribution in [1.29, 1.82) is 0 Å². The zero-order valence-electron chi connectivity index (χ0n) is 16.2. The third-order valence-electron chi connectivity index (χ3n) is 3.93. The van der Waals surface area contributed by atoms with Gasteiger partial charge in [-0.15, -0.1) is 0 Å². The summed E-state index contributed by atoms with van der Waals surface area (Å²) in [5.41, 5.74) is 1.53. The van der Waals surface area contributed by atoms with E-state index in [1.54, 1.807) is 29.2 Å². The highest BCUT2D eigenvalue weighted by Gasteiger charge is 2.33. The van der Waals surface area contributed by atoms with Crippen molar-refractivity contribution < 1.29 is 19.4 Å². The van der Waals surface area contributed by atoms with Crippen molar-refractivity contribution in [3.8, 4) is 5.75 Å². The fraction of sp³-hybridized carbons (Fsp3) is 0.227. The van der Waals surface area contributed by atoms with Gasteiger partial charge in [0.15, 0.2) is 5.17 Å². The van der Waals surface area contributed by atoms with Gasteiger partial charge in [0.25, 0.3) is 5.91 Å². The summed E-state index contributed by atoms with van der Waals surface area (Å²) in [6.45, 7) is 4.16. The van der Waals surface area contributed by atoms with Crippen molar-refractivity contribution in [2.24, 2.45) is 10.9 Å². The van der Waals surface area contributed by atoms with Crippen molar-refractivity contribution in [3.05, 3.63) is 65.1 Å². The fourth-order valence-corrected chi connectivity index (χ4v) is 3.73. The van der Waals surface area contributed by atoms with Crippen LogP contribution in [0.3, 0.4) is 0 Å². The standard InChI is InChI=1S/C22H22N2O4S/c1-15(2)13-24-21(27)19(29-22(24)23-17-8-4-3-5-9-17)12-16-7-6-10-18(11-16)28-14-20(25)26/h3-12,15H,13-14H2,1-2H3,(H,25,26)/p-1/b19-12+,23-22?. The highest BCUT2D eigenvalue weighted by molar-refractivity contribution is 8.18. The number of aliphatic imine (C=N–C) groups is 1. The van der Waals surface area contributed by atoms with Crippen LogP contribution in [0.2, 0.25) is 0 Å². The van der Waals surface area contributed by atoms with Gasteiger partial charge in [0.2, 0.25) is 0 Å². The van der Waals surface area contributed by atoms with Crippen molar-refractivity contribution in [2.45, 2.75) is 13.8 Å². The van der Waals surface area contributed by atoms with E-state index in [1.807, 2.05) is 36.4 Å². The Balaban J connectivity index is 1.88. The minimum Gasteiger partial charge on any atom is -0.546 e. The number of carbonyl (C=O) groups is 2. The molecule has 0 unspecified atom stereocenters. The zero-order valence-corrected chi connectivity index (χ0v) is 17.0. The first-order valence-corrected chi connectivity index (χ1v) is 10.0. The molecule has 1 heterocycles. The predicted octanol–water partition coefficient (Wildman–Crippen LogP) is 3.08. The number of hydrogen-bond donors (Lipinski definition) is 0. The summed E-state index contributed by atoms with van der Waals surface area (Å²) in [6.07, 6.45) is 1.76. The molecule has 3 rings (SSSR count). The Bertz CT molecular complexity index is 954. The third-order valence-corrected chi connectivity index (χ3v) is 4.94. The zero-order chi connectivity index (χ0) is 20.8. The van der Waals surface area contributed by atoms with Gasteiger partial charge in [-0.2, -0.15) is 0 Å². The number of carbonyl (C=O) groups excluding carboxylic acids is 2. The number of hydrogen-bond acceptors (Lipinski definition) is 6. The van der Waals surface area contributed by atoms with Gasteiger partial charge in [0, 0.05) is 6.54 Å². The number of amides is 1. The lowest BCUT2D eigenvalue weighted by molar-refractivity contribution is -0.307. The van der Waals surface area contributed by atoms with Crippen molar-refractivity contribution in [3.63, 3.8) is 0 Å². The largest absolute Gasteiger partial charge is 0.546 e. The molecule has 7 heteroatoms. The number of rotatable bonds is 7. The van der Waals surface area contributed by atoms with Gasteiger partial charge >= 0.3 is 0 Å². The lowest BCUT2D eigenvalue weighted by Gasteiger charge is -2.17. The van der Waals surface area contributed by atoms with E-state index in [0.29, 0.717) is 28.3 Å². The van der Waals surface area contributed by atoms with Gasteiger partial charge in [0.1, 0.15) is 12.4 Å². The summed E-state index contributed by atoms with van der Waals surface area (Å²) >= 11 is 1.33. The lowest BCUT2D eigenvalue weighted by Crippen LogP contribution is -2.32. The average Bonchev–Trinajstić information content (AvgIpc) is 2.96. The number of para-hydroxylation sites is 1. The summed E-state index contributed by atoms with van der Waals surface area (Å²) in [5, 5.41) is 11.2. The fourth-order valence-electron chi connectivity index (χ4n) is 2.72. The predicted molar refractivity (Wildman–Crippen MR) is 113 cm³/mol.